The Hall–Kier alpha value is -1.01. The predicted molar refractivity (Wildman–Crippen MR) is 68.5 cm³/mol. The first-order chi connectivity index (χ1) is 8.57. The fourth-order valence-electron chi connectivity index (χ4n) is 2.17. The van der Waals surface area contributed by atoms with E-state index in [1.165, 1.54) is 21.7 Å². The van der Waals surface area contributed by atoms with Gasteiger partial charge in [0.05, 0.1) is 0 Å². The van der Waals surface area contributed by atoms with Gasteiger partial charge in [0.25, 0.3) is 10.0 Å². The number of carbonyl (C=O) groups excluding carboxylic acids is 1. The van der Waals surface area contributed by atoms with Crippen LogP contribution in [0.1, 0.15) is 19.8 Å². The Labute approximate surface area is 110 Å². The third kappa shape index (κ3) is 2.40. The molecule has 1 aromatic heterocycles. The molecule has 0 N–H and O–H groups in total. The summed E-state index contributed by atoms with van der Waals surface area (Å²) < 4.78 is 26.5. The fraction of sp³-hybridized carbons (Fsp3) is 0.545. The molecule has 1 saturated heterocycles. The maximum atomic E-state index is 12.4. The molecule has 1 aliphatic heterocycles. The molecular weight excluding hydrogens is 272 g/mol. The molecule has 0 amide bonds. The van der Waals surface area contributed by atoms with E-state index in [9.17, 15) is 13.2 Å². The molecule has 0 aliphatic carbocycles. The first-order valence-corrected chi connectivity index (χ1v) is 8.01. The lowest BCUT2D eigenvalue weighted by Gasteiger charge is -2.35. The van der Waals surface area contributed by atoms with Gasteiger partial charge in [0, 0.05) is 6.54 Å². The highest BCUT2D eigenvalue weighted by Gasteiger charge is 2.37. The van der Waals surface area contributed by atoms with Crippen LogP contribution in [-0.4, -0.2) is 31.5 Å². The Balaban J connectivity index is 2.38. The van der Waals surface area contributed by atoms with Crippen LogP contribution in [0.4, 0.5) is 0 Å². The summed E-state index contributed by atoms with van der Waals surface area (Å²) in [5.41, 5.74) is 0. The van der Waals surface area contributed by atoms with Crippen LogP contribution < -0.4 is 0 Å². The smallest absolute Gasteiger partial charge is 0.211 e. The molecule has 1 fully saturated rings. The lowest BCUT2D eigenvalue weighted by Crippen LogP contribution is -2.46. The van der Waals surface area contributed by atoms with Crippen molar-refractivity contribution in [1.29, 1.82) is 0 Å². The molecule has 1 aliphatic rings. The van der Waals surface area contributed by atoms with Gasteiger partial charge in [0.1, 0.15) is 10.4 Å². The van der Waals surface area contributed by atoms with Crippen LogP contribution in [0.25, 0.3) is 0 Å². The molecule has 0 bridgehead atoms. The number of hydrogen-bond acceptors (Lipinski definition) is 5. The normalized spacial score (nSPS) is 25.6. The third-order valence-electron chi connectivity index (χ3n) is 3.08. The van der Waals surface area contributed by atoms with E-state index in [1.807, 2.05) is 6.92 Å². The average Bonchev–Trinajstić information content (AvgIpc) is 2.86. The second-order valence-electron chi connectivity index (χ2n) is 4.30. The minimum atomic E-state index is -3.54. The zero-order chi connectivity index (χ0) is 13.2. The van der Waals surface area contributed by atoms with Crippen LogP contribution in [0.3, 0.4) is 0 Å². The van der Waals surface area contributed by atoms with E-state index in [1.54, 1.807) is 17.5 Å². The van der Waals surface area contributed by atoms with E-state index in [2.05, 4.69) is 4.99 Å². The van der Waals surface area contributed by atoms with Gasteiger partial charge in [-0.25, -0.2) is 13.2 Å². The minimum Gasteiger partial charge on any atom is -0.211 e. The predicted octanol–water partition coefficient (Wildman–Crippen LogP) is 1.83. The maximum Gasteiger partial charge on any atom is 0.254 e. The van der Waals surface area contributed by atoms with E-state index in [0.29, 0.717) is 10.8 Å². The van der Waals surface area contributed by atoms with E-state index in [0.717, 1.165) is 12.8 Å². The Morgan fingerprint density at radius 3 is 2.94 bits per heavy atom. The molecule has 0 spiro atoms. The molecule has 5 nitrogen and oxygen atoms in total. The van der Waals surface area contributed by atoms with Crippen molar-refractivity contribution in [3.05, 3.63) is 17.5 Å². The van der Waals surface area contributed by atoms with E-state index < -0.39 is 16.2 Å². The van der Waals surface area contributed by atoms with Crippen LogP contribution in [0.2, 0.25) is 0 Å². The molecule has 2 heterocycles. The highest BCUT2D eigenvalue weighted by atomic mass is 32.2. The van der Waals surface area contributed by atoms with Crippen molar-refractivity contribution in [3.8, 4) is 0 Å². The third-order valence-corrected chi connectivity index (χ3v) is 6.33. The number of rotatable bonds is 3. The van der Waals surface area contributed by atoms with Gasteiger partial charge in [-0.2, -0.15) is 9.30 Å². The van der Waals surface area contributed by atoms with Gasteiger partial charge in [-0.15, -0.1) is 11.3 Å². The highest BCUT2D eigenvalue weighted by Crippen LogP contribution is 2.31. The van der Waals surface area contributed by atoms with Crippen LogP contribution in [0, 0.1) is 5.92 Å². The Bertz CT molecular complexity index is 547. The number of hydrogen-bond donors (Lipinski definition) is 0. The minimum absolute atomic E-state index is 0.0370. The Kier molecular flexibility index (Phi) is 3.97. The summed E-state index contributed by atoms with van der Waals surface area (Å²) in [6.45, 7) is 2.31. The number of aliphatic imine (C=N–C) groups is 1. The van der Waals surface area contributed by atoms with Gasteiger partial charge < -0.3 is 0 Å². The topological polar surface area (TPSA) is 66.8 Å². The SMILES string of the molecule is CC1CCCN(S(=O)(=O)c2cccs2)C1N=C=O. The second-order valence-corrected chi connectivity index (χ2v) is 7.37. The van der Waals surface area contributed by atoms with E-state index in [-0.39, 0.29) is 5.92 Å². The van der Waals surface area contributed by atoms with Crippen molar-refractivity contribution < 1.29 is 13.2 Å². The monoisotopic (exact) mass is 286 g/mol. The van der Waals surface area contributed by atoms with Gasteiger partial charge in [0.2, 0.25) is 6.08 Å². The highest BCUT2D eigenvalue weighted by molar-refractivity contribution is 7.91. The number of piperidine rings is 1. The standard InChI is InChI=1S/C11H14N2O3S2/c1-9-4-2-6-13(11(9)12-8-14)18(15,16)10-5-3-7-17-10/h3,5,7,9,11H,2,4,6H2,1H3. The fourth-order valence-corrected chi connectivity index (χ4v) is 4.95. The summed E-state index contributed by atoms with van der Waals surface area (Å²) in [6, 6.07) is 3.27. The van der Waals surface area contributed by atoms with Gasteiger partial charge in [0.15, 0.2) is 0 Å². The van der Waals surface area contributed by atoms with Gasteiger partial charge in [-0.05, 0) is 30.2 Å². The molecule has 0 saturated carbocycles. The summed E-state index contributed by atoms with van der Waals surface area (Å²) in [6.07, 6.45) is 2.52. The van der Waals surface area contributed by atoms with Crippen molar-refractivity contribution in [2.75, 3.05) is 6.54 Å². The molecule has 18 heavy (non-hydrogen) atoms. The van der Waals surface area contributed by atoms with Crippen molar-refractivity contribution in [2.45, 2.75) is 30.1 Å². The Morgan fingerprint density at radius 2 is 2.33 bits per heavy atom. The summed E-state index contributed by atoms with van der Waals surface area (Å²) in [7, 11) is -3.54. The number of sulfonamides is 1. The van der Waals surface area contributed by atoms with Crippen LogP contribution in [0.5, 0.6) is 0 Å². The van der Waals surface area contributed by atoms with Gasteiger partial charge >= 0.3 is 0 Å². The summed E-state index contributed by atoms with van der Waals surface area (Å²) in [5, 5.41) is 1.72. The summed E-state index contributed by atoms with van der Waals surface area (Å²) in [4.78, 5) is 14.1. The molecule has 7 heteroatoms. The van der Waals surface area contributed by atoms with Crippen molar-refractivity contribution >= 4 is 27.4 Å². The van der Waals surface area contributed by atoms with Crippen LogP contribution in [0.15, 0.2) is 26.7 Å². The van der Waals surface area contributed by atoms with Crippen LogP contribution >= 0.6 is 11.3 Å². The Morgan fingerprint density at radius 1 is 1.56 bits per heavy atom. The lowest BCUT2D eigenvalue weighted by atomic mass is 9.98. The molecule has 98 valence electrons. The van der Waals surface area contributed by atoms with E-state index >= 15 is 0 Å². The van der Waals surface area contributed by atoms with Crippen LogP contribution in [-0.2, 0) is 14.8 Å². The first-order valence-electron chi connectivity index (χ1n) is 5.69. The molecule has 2 rings (SSSR count). The number of nitrogens with zero attached hydrogens (tertiary/aromatic N) is 2. The lowest BCUT2D eigenvalue weighted by molar-refractivity contribution is 0.194. The molecule has 0 radical (unpaired) electrons. The van der Waals surface area contributed by atoms with Gasteiger partial charge in [-0.3, -0.25) is 0 Å². The molecule has 0 aromatic carbocycles. The van der Waals surface area contributed by atoms with Gasteiger partial charge in [-0.1, -0.05) is 13.0 Å². The largest absolute Gasteiger partial charge is 0.254 e. The average molecular weight is 286 g/mol. The molecular formula is C11H14N2O3S2. The van der Waals surface area contributed by atoms with Crippen molar-refractivity contribution in [1.82, 2.24) is 4.31 Å². The zero-order valence-corrected chi connectivity index (χ0v) is 11.6. The van der Waals surface area contributed by atoms with E-state index in [4.69, 9.17) is 0 Å². The summed E-state index contributed by atoms with van der Waals surface area (Å²) >= 11 is 1.18. The van der Waals surface area contributed by atoms with Crippen molar-refractivity contribution in [2.24, 2.45) is 10.9 Å². The quantitative estimate of drug-likeness (QED) is 0.629. The maximum absolute atomic E-state index is 12.4. The zero-order valence-electron chi connectivity index (χ0n) is 9.94. The number of isocyanates is 1. The van der Waals surface area contributed by atoms with Crippen molar-refractivity contribution in [3.63, 3.8) is 0 Å². The first kappa shape index (κ1) is 13.4. The summed E-state index contributed by atoms with van der Waals surface area (Å²) in [5.74, 6) is 0.0370. The molecule has 1 aromatic rings. The number of thiophene rings is 1. The molecule has 2 unspecified atom stereocenters. The second kappa shape index (κ2) is 5.32. The molecule has 2 atom stereocenters.